The Hall–Kier alpha value is -3.87. The first-order valence-corrected chi connectivity index (χ1v) is 8.74. The third kappa shape index (κ3) is 2.92. The standard InChI is InChI=1S/C18H14F4N6O3/c19-7-1-8(20)17(26-16(7)25)28-4-6(18(30)31)15(29)9-12(24)10(21)14(11(22)13(9)28)27-2-5(23)3-27/h1,4-5H,2-3,23-24H2,(H2,25,26)(H,30,31). The molecule has 3 heterocycles. The second kappa shape index (κ2) is 6.84. The maximum absolute atomic E-state index is 15.5. The molecule has 1 aliphatic heterocycles. The monoisotopic (exact) mass is 438 g/mol. The van der Waals surface area contributed by atoms with Crippen molar-refractivity contribution in [1.82, 2.24) is 9.55 Å². The molecule has 0 saturated carbocycles. The molecule has 2 aromatic heterocycles. The fraction of sp³-hybridized carbons (Fsp3) is 0.167. The van der Waals surface area contributed by atoms with Crippen LogP contribution < -0.4 is 27.5 Å². The van der Waals surface area contributed by atoms with Crippen molar-refractivity contribution in [2.75, 3.05) is 29.5 Å². The van der Waals surface area contributed by atoms with Gasteiger partial charge in [-0.05, 0) is 0 Å². The van der Waals surface area contributed by atoms with Crippen LogP contribution in [0, 0.1) is 23.3 Å². The Balaban J connectivity index is 2.20. The van der Waals surface area contributed by atoms with E-state index in [1.165, 1.54) is 4.90 Å². The molecule has 7 N–H and O–H groups in total. The molecule has 0 amide bonds. The number of nitrogens with zero attached hydrogens (tertiary/aromatic N) is 3. The molecule has 1 aromatic carbocycles. The van der Waals surface area contributed by atoms with E-state index in [1.807, 2.05) is 0 Å². The summed E-state index contributed by atoms with van der Waals surface area (Å²) in [5, 5.41) is 8.51. The number of aromatic nitrogens is 2. The summed E-state index contributed by atoms with van der Waals surface area (Å²) in [7, 11) is 0. The van der Waals surface area contributed by atoms with E-state index in [0.29, 0.717) is 16.8 Å². The summed E-state index contributed by atoms with van der Waals surface area (Å²) < 4.78 is 59.1. The summed E-state index contributed by atoms with van der Waals surface area (Å²) >= 11 is 0. The number of hydrogen-bond acceptors (Lipinski definition) is 7. The lowest BCUT2D eigenvalue weighted by Crippen LogP contribution is -2.56. The quantitative estimate of drug-likeness (QED) is 0.348. The largest absolute Gasteiger partial charge is 0.477 e. The number of halogens is 4. The van der Waals surface area contributed by atoms with Crippen LogP contribution in [0.4, 0.5) is 34.8 Å². The Labute approximate surface area is 170 Å². The first-order chi connectivity index (χ1) is 14.5. The van der Waals surface area contributed by atoms with Crippen LogP contribution in [0.3, 0.4) is 0 Å². The maximum atomic E-state index is 15.5. The number of nitrogens with two attached hydrogens (primary N) is 3. The van der Waals surface area contributed by atoms with Crippen LogP contribution >= 0.6 is 0 Å². The number of fused-ring (bicyclic) bond motifs is 1. The van der Waals surface area contributed by atoms with Gasteiger partial charge in [0.2, 0.25) is 5.43 Å². The van der Waals surface area contributed by atoms with Gasteiger partial charge in [0, 0.05) is 31.4 Å². The van der Waals surface area contributed by atoms with E-state index in [2.05, 4.69) is 4.98 Å². The lowest BCUT2D eigenvalue weighted by molar-refractivity contribution is 0.0695. The van der Waals surface area contributed by atoms with Gasteiger partial charge in [0.25, 0.3) is 0 Å². The number of aromatic carboxylic acids is 1. The first kappa shape index (κ1) is 20.4. The van der Waals surface area contributed by atoms with Crippen LogP contribution in [0.15, 0.2) is 17.1 Å². The highest BCUT2D eigenvalue weighted by atomic mass is 19.1. The maximum Gasteiger partial charge on any atom is 0.341 e. The summed E-state index contributed by atoms with van der Waals surface area (Å²) in [6.07, 6.45) is 0.585. The van der Waals surface area contributed by atoms with E-state index < -0.39 is 74.1 Å². The van der Waals surface area contributed by atoms with Crippen molar-refractivity contribution in [3.05, 3.63) is 51.3 Å². The van der Waals surface area contributed by atoms with Crippen molar-refractivity contribution in [1.29, 1.82) is 0 Å². The van der Waals surface area contributed by atoms with E-state index in [9.17, 15) is 27.9 Å². The lowest BCUT2D eigenvalue weighted by Gasteiger charge is -2.39. The third-order valence-electron chi connectivity index (χ3n) is 4.96. The van der Waals surface area contributed by atoms with E-state index in [4.69, 9.17) is 17.2 Å². The van der Waals surface area contributed by atoms with E-state index in [-0.39, 0.29) is 19.1 Å². The first-order valence-electron chi connectivity index (χ1n) is 8.74. The van der Waals surface area contributed by atoms with Crippen molar-refractivity contribution < 1.29 is 27.5 Å². The summed E-state index contributed by atoms with van der Waals surface area (Å²) in [6, 6.07) is -0.00865. The fourth-order valence-electron chi connectivity index (χ4n) is 3.46. The SMILES string of the molecule is Nc1nc(-n2cc(C(=O)O)c(=O)c3c(N)c(F)c(N4CC(N)C4)c(F)c32)c(F)cc1F. The molecular weight excluding hydrogens is 424 g/mol. The third-order valence-corrected chi connectivity index (χ3v) is 4.96. The second-order valence-electron chi connectivity index (χ2n) is 6.99. The summed E-state index contributed by atoms with van der Waals surface area (Å²) in [6.45, 7) is 0.151. The van der Waals surface area contributed by atoms with Crippen LogP contribution in [-0.2, 0) is 0 Å². The highest BCUT2D eigenvalue weighted by molar-refractivity contribution is 6.00. The van der Waals surface area contributed by atoms with Gasteiger partial charge in [-0.15, -0.1) is 0 Å². The molecule has 0 unspecified atom stereocenters. The van der Waals surface area contributed by atoms with Gasteiger partial charge in [-0.25, -0.2) is 27.3 Å². The van der Waals surface area contributed by atoms with Gasteiger partial charge < -0.3 is 27.2 Å². The lowest BCUT2D eigenvalue weighted by atomic mass is 10.0. The Morgan fingerprint density at radius 3 is 2.35 bits per heavy atom. The zero-order chi connectivity index (χ0) is 22.8. The number of anilines is 3. The molecule has 1 saturated heterocycles. The normalized spacial score (nSPS) is 14.2. The fourth-order valence-corrected chi connectivity index (χ4v) is 3.46. The Morgan fingerprint density at radius 2 is 1.77 bits per heavy atom. The molecule has 1 aliphatic rings. The number of carbonyl (C=O) groups is 1. The number of hydrogen-bond donors (Lipinski definition) is 4. The topological polar surface area (TPSA) is 153 Å². The minimum Gasteiger partial charge on any atom is -0.477 e. The molecular formula is C18H14F4N6O3. The molecule has 0 radical (unpaired) electrons. The van der Waals surface area contributed by atoms with Crippen LogP contribution in [-0.4, -0.2) is 39.8 Å². The molecule has 13 heteroatoms. The van der Waals surface area contributed by atoms with Crippen LogP contribution in [0.5, 0.6) is 0 Å². The zero-order valence-corrected chi connectivity index (χ0v) is 15.5. The smallest absolute Gasteiger partial charge is 0.341 e. The van der Waals surface area contributed by atoms with Crippen LogP contribution in [0.25, 0.3) is 16.7 Å². The molecule has 162 valence electrons. The van der Waals surface area contributed by atoms with Gasteiger partial charge in [-0.1, -0.05) is 0 Å². The molecule has 3 aromatic rings. The van der Waals surface area contributed by atoms with Gasteiger partial charge >= 0.3 is 5.97 Å². The number of carboxylic acid groups (broad SMARTS) is 1. The highest BCUT2D eigenvalue weighted by Gasteiger charge is 2.33. The van der Waals surface area contributed by atoms with Crippen molar-refractivity contribution in [2.45, 2.75) is 6.04 Å². The molecule has 0 atom stereocenters. The molecule has 31 heavy (non-hydrogen) atoms. The van der Waals surface area contributed by atoms with E-state index in [1.54, 1.807) is 0 Å². The minimum atomic E-state index is -1.77. The molecule has 0 aliphatic carbocycles. The molecule has 0 spiro atoms. The summed E-state index contributed by atoms with van der Waals surface area (Å²) in [4.78, 5) is 28.9. The molecule has 4 rings (SSSR count). The number of rotatable bonds is 3. The molecule has 1 fully saturated rings. The van der Waals surface area contributed by atoms with Gasteiger partial charge in [-0.3, -0.25) is 9.36 Å². The summed E-state index contributed by atoms with van der Waals surface area (Å²) in [5.41, 5.74) is 12.3. The van der Waals surface area contributed by atoms with Crippen molar-refractivity contribution >= 4 is 34.1 Å². The molecule has 9 nitrogen and oxygen atoms in total. The number of pyridine rings is 2. The van der Waals surface area contributed by atoms with E-state index >= 15 is 4.39 Å². The van der Waals surface area contributed by atoms with Crippen LogP contribution in [0.1, 0.15) is 10.4 Å². The van der Waals surface area contributed by atoms with Gasteiger partial charge in [0.1, 0.15) is 11.3 Å². The predicted molar refractivity (Wildman–Crippen MR) is 103 cm³/mol. The van der Waals surface area contributed by atoms with Gasteiger partial charge in [0.05, 0.1) is 16.6 Å². The van der Waals surface area contributed by atoms with Crippen molar-refractivity contribution in [3.63, 3.8) is 0 Å². The van der Waals surface area contributed by atoms with E-state index in [0.717, 1.165) is 0 Å². The van der Waals surface area contributed by atoms with Crippen molar-refractivity contribution in [2.24, 2.45) is 5.73 Å². The predicted octanol–water partition coefficient (Wildman–Crippen LogP) is 0.952. The van der Waals surface area contributed by atoms with Gasteiger partial charge in [-0.2, -0.15) is 0 Å². The van der Waals surface area contributed by atoms with Gasteiger partial charge in [0.15, 0.2) is 34.9 Å². The number of benzene rings is 1. The summed E-state index contributed by atoms with van der Waals surface area (Å²) in [5.74, 6) is -8.54. The second-order valence-corrected chi connectivity index (χ2v) is 6.99. The zero-order valence-electron chi connectivity index (χ0n) is 15.5. The van der Waals surface area contributed by atoms with Crippen molar-refractivity contribution in [3.8, 4) is 5.82 Å². The Bertz CT molecular complexity index is 1340. The molecule has 0 bridgehead atoms. The average Bonchev–Trinajstić information content (AvgIpc) is 2.67. The Kier molecular flexibility index (Phi) is 4.50. The minimum absolute atomic E-state index is 0.0757. The number of nitrogen functional groups attached to an aromatic ring is 2. The highest BCUT2D eigenvalue weighted by Crippen LogP contribution is 2.37. The average molecular weight is 438 g/mol. The number of carboxylic acids is 1. The Morgan fingerprint density at radius 1 is 1.13 bits per heavy atom. The van der Waals surface area contributed by atoms with Crippen LogP contribution in [0.2, 0.25) is 0 Å².